The molecule has 2 amide bonds. The number of ether oxygens (including phenoxy) is 1. The van der Waals surface area contributed by atoms with Gasteiger partial charge < -0.3 is 4.74 Å². The average Bonchev–Trinajstić information content (AvgIpc) is 2.67. The van der Waals surface area contributed by atoms with Crippen molar-refractivity contribution >= 4 is 21.8 Å². The second-order valence-corrected chi connectivity index (χ2v) is 8.50. The molecule has 0 heterocycles. The number of aryl methyl sites for hydroxylation is 2. The predicted molar refractivity (Wildman–Crippen MR) is 104 cm³/mol. The van der Waals surface area contributed by atoms with E-state index in [1.807, 2.05) is 26.0 Å². The fraction of sp³-hybridized carbons (Fsp3) is 0.263. The smallest absolute Gasteiger partial charge is 0.276 e. The van der Waals surface area contributed by atoms with Crippen LogP contribution in [0, 0.1) is 13.8 Å². The summed E-state index contributed by atoms with van der Waals surface area (Å²) >= 11 is 0. The van der Waals surface area contributed by atoms with E-state index in [9.17, 15) is 18.0 Å². The molecule has 0 aliphatic heterocycles. The molecule has 0 fully saturated rings. The van der Waals surface area contributed by atoms with Crippen LogP contribution in [0.5, 0.6) is 5.75 Å². The van der Waals surface area contributed by atoms with E-state index in [4.69, 9.17) is 4.74 Å². The van der Waals surface area contributed by atoms with E-state index >= 15 is 0 Å². The summed E-state index contributed by atoms with van der Waals surface area (Å²) < 4.78 is 30.7. The van der Waals surface area contributed by atoms with Gasteiger partial charge in [0.05, 0.1) is 4.90 Å². The highest BCUT2D eigenvalue weighted by Gasteiger charge is 2.19. The second-order valence-electron chi connectivity index (χ2n) is 6.35. The monoisotopic (exact) mass is 405 g/mol. The van der Waals surface area contributed by atoms with Crippen LogP contribution in [0.15, 0.2) is 47.4 Å². The quantitative estimate of drug-likeness (QED) is 0.707. The Labute approximate surface area is 164 Å². The number of nitrogens with one attached hydrogen (secondary N) is 2. The minimum Gasteiger partial charge on any atom is -0.484 e. The molecule has 0 spiro atoms. The van der Waals surface area contributed by atoms with Gasteiger partial charge >= 0.3 is 0 Å². The molecule has 0 unspecified atom stereocenters. The summed E-state index contributed by atoms with van der Waals surface area (Å²) in [7, 11) is -0.863. The van der Waals surface area contributed by atoms with Gasteiger partial charge in [0.2, 0.25) is 10.0 Å². The van der Waals surface area contributed by atoms with Crippen LogP contribution in [0.4, 0.5) is 0 Å². The zero-order valence-corrected chi connectivity index (χ0v) is 17.0. The summed E-state index contributed by atoms with van der Waals surface area (Å²) in [6, 6.07) is 11.0. The van der Waals surface area contributed by atoms with E-state index < -0.39 is 21.8 Å². The molecule has 0 saturated carbocycles. The molecule has 2 rings (SSSR count). The van der Waals surface area contributed by atoms with E-state index in [2.05, 4.69) is 10.9 Å². The lowest BCUT2D eigenvalue weighted by atomic mass is 10.1. The first-order chi connectivity index (χ1) is 13.1. The van der Waals surface area contributed by atoms with E-state index in [0.29, 0.717) is 5.75 Å². The Morgan fingerprint density at radius 2 is 1.71 bits per heavy atom. The molecule has 0 saturated heterocycles. The first-order valence-corrected chi connectivity index (χ1v) is 9.87. The Morgan fingerprint density at radius 3 is 2.36 bits per heavy atom. The van der Waals surface area contributed by atoms with Crippen LogP contribution < -0.4 is 15.6 Å². The van der Waals surface area contributed by atoms with Gasteiger partial charge in [-0.15, -0.1) is 0 Å². The largest absolute Gasteiger partial charge is 0.484 e. The average molecular weight is 405 g/mol. The summed E-state index contributed by atoms with van der Waals surface area (Å²) in [6.45, 7) is 3.63. The molecule has 0 aliphatic carbocycles. The van der Waals surface area contributed by atoms with Crippen molar-refractivity contribution in [1.82, 2.24) is 15.2 Å². The number of rotatable bonds is 6. The first kappa shape index (κ1) is 21.4. The highest BCUT2D eigenvalue weighted by Crippen LogP contribution is 2.16. The Kier molecular flexibility index (Phi) is 6.76. The summed E-state index contributed by atoms with van der Waals surface area (Å²) in [4.78, 5) is 24.0. The lowest BCUT2D eigenvalue weighted by Gasteiger charge is -2.13. The molecule has 0 bridgehead atoms. The highest BCUT2D eigenvalue weighted by atomic mass is 32.2. The standard InChI is InChI=1S/C19H23N3O5S/c1-13-8-9-16(10-14(13)2)27-12-18(23)20-21-19(24)15-6-5-7-17(11-15)28(25,26)22(3)4/h5-11H,12H2,1-4H3,(H,20,23)(H,21,24). The van der Waals surface area contributed by atoms with Gasteiger partial charge in [0.25, 0.3) is 11.8 Å². The Bertz CT molecular complexity index is 987. The third-order valence-corrected chi connectivity index (χ3v) is 5.85. The van der Waals surface area contributed by atoms with Crippen LogP contribution in [0.3, 0.4) is 0 Å². The molecule has 9 heteroatoms. The topological polar surface area (TPSA) is 105 Å². The molecule has 0 radical (unpaired) electrons. The molecule has 2 aromatic rings. The maximum Gasteiger partial charge on any atom is 0.276 e. The maximum atomic E-state index is 12.2. The van der Waals surface area contributed by atoms with Crippen LogP contribution in [0.1, 0.15) is 21.5 Å². The molecule has 28 heavy (non-hydrogen) atoms. The molecule has 0 aliphatic rings. The molecule has 150 valence electrons. The van der Waals surface area contributed by atoms with E-state index in [1.165, 1.54) is 38.4 Å². The Hall–Kier alpha value is -2.91. The number of hydrogen-bond acceptors (Lipinski definition) is 5. The zero-order chi connectivity index (χ0) is 20.9. The molecule has 0 aromatic heterocycles. The highest BCUT2D eigenvalue weighted by molar-refractivity contribution is 7.89. The van der Waals surface area contributed by atoms with Gasteiger partial charge in [-0.25, -0.2) is 12.7 Å². The van der Waals surface area contributed by atoms with Crippen LogP contribution in [-0.4, -0.2) is 45.2 Å². The number of hydrazine groups is 1. The number of amides is 2. The molecule has 2 aromatic carbocycles. The van der Waals surface area contributed by atoms with Crippen LogP contribution >= 0.6 is 0 Å². The van der Waals surface area contributed by atoms with Crippen molar-refractivity contribution in [2.75, 3.05) is 20.7 Å². The summed E-state index contributed by atoms with van der Waals surface area (Å²) in [5.41, 5.74) is 6.72. The molecule has 2 N–H and O–H groups in total. The van der Waals surface area contributed by atoms with Gasteiger partial charge in [0, 0.05) is 19.7 Å². The van der Waals surface area contributed by atoms with E-state index in [0.717, 1.165) is 15.4 Å². The summed E-state index contributed by atoms with van der Waals surface area (Å²) in [5.74, 6) is -0.648. The molecular weight excluding hydrogens is 382 g/mol. The molecule has 0 atom stereocenters. The van der Waals surface area contributed by atoms with Crippen molar-refractivity contribution in [2.45, 2.75) is 18.7 Å². The third-order valence-electron chi connectivity index (χ3n) is 4.04. The van der Waals surface area contributed by atoms with Gasteiger partial charge in [0.1, 0.15) is 5.75 Å². The number of hydrogen-bond donors (Lipinski definition) is 2. The van der Waals surface area contributed by atoms with Crippen molar-refractivity contribution < 1.29 is 22.7 Å². The maximum absolute atomic E-state index is 12.2. The first-order valence-electron chi connectivity index (χ1n) is 8.43. The van der Waals surface area contributed by atoms with Crippen molar-refractivity contribution in [3.05, 3.63) is 59.2 Å². The fourth-order valence-corrected chi connectivity index (χ4v) is 3.14. The van der Waals surface area contributed by atoms with Crippen LogP contribution in [0.25, 0.3) is 0 Å². The van der Waals surface area contributed by atoms with Crippen molar-refractivity contribution in [3.63, 3.8) is 0 Å². The van der Waals surface area contributed by atoms with Crippen molar-refractivity contribution in [1.29, 1.82) is 0 Å². The van der Waals surface area contributed by atoms with Gasteiger partial charge in [-0.2, -0.15) is 0 Å². The molecule has 8 nitrogen and oxygen atoms in total. The minimum absolute atomic E-state index is 0.0189. The predicted octanol–water partition coefficient (Wildman–Crippen LogP) is 1.39. The van der Waals surface area contributed by atoms with Crippen LogP contribution in [-0.2, 0) is 14.8 Å². The SMILES string of the molecule is Cc1ccc(OCC(=O)NNC(=O)c2cccc(S(=O)(=O)N(C)C)c2)cc1C. The van der Waals surface area contributed by atoms with Gasteiger partial charge in [-0.3, -0.25) is 20.4 Å². The number of nitrogens with zero attached hydrogens (tertiary/aromatic N) is 1. The number of carbonyl (C=O) groups excluding carboxylic acids is 2. The number of carbonyl (C=O) groups is 2. The lowest BCUT2D eigenvalue weighted by molar-refractivity contribution is -0.123. The third kappa shape index (κ3) is 5.30. The Balaban J connectivity index is 1.93. The molecular formula is C19H23N3O5S. The van der Waals surface area contributed by atoms with Crippen LogP contribution in [0.2, 0.25) is 0 Å². The Morgan fingerprint density at radius 1 is 1.00 bits per heavy atom. The van der Waals surface area contributed by atoms with Crippen molar-refractivity contribution in [3.8, 4) is 5.75 Å². The summed E-state index contributed by atoms with van der Waals surface area (Å²) in [6.07, 6.45) is 0. The zero-order valence-electron chi connectivity index (χ0n) is 16.1. The van der Waals surface area contributed by atoms with E-state index in [-0.39, 0.29) is 17.1 Å². The lowest BCUT2D eigenvalue weighted by Crippen LogP contribution is -2.43. The fourth-order valence-electron chi connectivity index (χ4n) is 2.20. The van der Waals surface area contributed by atoms with Gasteiger partial charge in [-0.1, -0.05) is 12.1 Å². The number of benzene rings is 2. The normalized spacial score (nSPS) is 11.2. The minimum atomic E-state index is -3.66. The van der Waals surface area contributed by atoms with E-state index in [1.54, 1.807) is 6.07 Å². The van der Waals surface area contributed by atoms with Gasteiger partial charge in [0.15, 0.2) is 6.61 Å². The van der Waals surface area contributed by atoms with Gasteiger partial charge in [-0.05, 0) is 55.3 Å². The number of sulfonamides is 1. The second kappa shape index (κ2) is 8.85. The summed E-state index contributed by atoms with van der Waals surface area (Å²) in [5, 5.41) is 0. The van der Waals surface area contributed by atoms with Crippen molar-refractivity contribution in [2.24, 2.45) is 0 Å².